The second-order valence-electron chi connectivity index (χ2n) is 8.73. The molecule has 1 aromatic carbocycles. The van der Waals surface area contributed by atoms with Crippen LogP contribution in [0.1, 0.15) is 38.7 Å². The van der Waals surface area contributed by atoms with Crippen molar-refractivity contribution in [1.82, 2.24) is 30.2 Å². The van der Waals surface area contributed by atoms with Gasteiger partial charge in [0.25, 0.3) is 0 Å². The first-order valence-electron chi connectivity index (χ1n) is 11.2. The van der Waals surface area contributed by atoms with Gasteiger partial charge in [0.2, 0.25) is 5.95 Å². The summed E-state index contributed by atoms with van der Waals surface area (Å²) in [5.41, 5.74) is 1.38. The van der Waals surface area contributed by atoms with Crippen LogP contribution in [-0.4, -0.2) is 49.9 Å². The summed E-state index contributed by atoms with van der Waals surface area (Å²) in [5.74, 6) is 2.73. The van der Waals surface area contributed by atoms with Crippen molar-refractivity contribution >= 4 is 5.95 Å². The SMILES string of the molecule is Cc1cnc(N2CCC(C(C)C(C)CCOc3ccc(-n4cnnn4)c(F)c3)CC2)nc1. The third-order valence-corrected chi connectivity index (χ3v) is 6.59. The maximum atomic E-state index is 14.3. The van der Waals surface area contributed by atoms with Crippen LogP contribution in [0.25, 0.3) is 5.69 Å². The van der Waals surface area contributed by atoms with Gasteiger partial charge in [-0.15, -0.1) is 5.10 Å². The minimum absolute atomic E-state index is 0.298. The third-order valence-electron chi connectivity index (χ3n) is 6.59. The van der Waals surface area contributed by atoms with Crippen molar-refractivity contribution in [1.29, 1.82) is 0 Å². The molecular weight excluding hydrogens is 409 g/mol. The average Bonchev–Trinajstić information content (AvgIpc) is 3.34. The van der Waals surface area contributed by atoms with E-state index in [2.05, 4.69) is 44.2 Å². The second-order valence-corrected chi connectivity index (χ2v) is 8.73. The number of rotatable bonds is 8. The number of anilines is 1. The van der Waals surface area contributed by atoms with Gasteiger partial charge < -0.3 is 9.64 Å². The molecule has 0 saturated carbocycles. The smallest absolute Gasteiger partial charge is 0.225 e. The van der Waals surface area contributed by atoms with Crippen molar-refractivity contribution in [3.8, 4) is 11.4 Å². The first kappa shape index (κ1) is 22.1. The molecule has 0 bridgehead atoms. The van der Waals surface area contributed by atoms with Crippen LogP contribution in [0.2, 0.25) is 0 Å². The van der Waals surface area contributed by atoms with Gasteiger partial charge >= 0.3 is 0 Å². The monoisotopic (exact) mass is 439 g/mol. The number of aromatic nitrogens is 6. The average molecular weight is 440 g/mol. The van der Waals surface area contributed by atoms with Crippen LogP contribution < -0.4 is 9.64 Å². The summed E-state index contributed by atoms with van der Waals surface area (Å²) in [6.45, 7) is 9.18. The van der Waals surface area contributed by atoms with E-state index in [-0.39, 0.29) is 0 Å². The maximum Gasteiger partial charge on any atom is 0.225 e. The van der Waals surface area contributed by atoms with E-state index in [1.807, 2.05) is 19.3 Å². The van der Waals surface area contributed by atoms with E-state index in [0.717, 1.165) is 43.9 Å². The maximum absolute atomic E-state index is 14.3. The van der Waals surface area contributed by atoms with Gasteiger partial charge in [-0.3, -0.25) is 0 Å². The van der Waals surface area contributed by atoms with Gasteiger partial charge in [0.15, 0.2) is 5.82 Å². The number of benzene rings is 1. The van der Waals surface area contributed by atoms with Gasteiger partial charge in [-0.05, 0) is 72.1 Å². The number of aryl methyl sites for hydroxylation is 1. The third kappa shape index (κ3) is 5.20. The van der Waals surface area contributed by atoms with Crippen molar-refractivity contribution < 1.29 is 9.13 Å². The number of nitrogens with zero attached hydrogens (tertiary/aromatic N) is 7. The van der Waals surface area contributed by atoms with E-state index >= 15 is 0 Å². The summed E-state index contributed by atoms with van der Waals surface area (Å²) >= 11 is 0. The van der Waals surface area contributed by atoms with Gasteiger partial charge in [0, 0.05) is 31.5 Å². The first-order valence-corrected chi connectivity index (χ1v) is 11.2. The Morgan fingerprint density at radius 3 is 2.56 bits per heavy atom. The molecule has 0 amide bonds. The fourth-order valence-corrected chi connectivity index (χ4v) is 4.30. The number of hydrogen-bond donors (Lipinski definition) is 0. The molecule has 0 N–H and O–H groups in total. The molecule has 2 atom stereocenters. The summed E-state index contributed by atoms with van der Waals surface area (Å²) in [5, 5.41) is 10.8. The van der Waals surface area contributed by atoms with Crippen LogP contribution in [0.3, 0.4) is 0 Å². The summed E-state index contributed by atoms with van der Waals surface area (Å²) in [6, 6.07) is 4.75. The van der Waals surface area contributed by atoms with E-state index in [4.69, 9.17) is 4.74 Å². The molecule has 0 spiro atoms. The van der Waals surface area contributed by atoms with Gasteiger partial charge in [-0.2, -0.15) is 4.68 Å². The number of tetrazole rings is 1. The quantitative estimate of drug-likeness (QED) is 0.527. The Kier molecular flexibility index (Phi) is 6.92. The number of halogens is 1. The second kappa shape index (κ2) is 10.0. The molecule has 2 aromatic heterocycles. The molecule has 0 radical (unpaired) electrons. The van der Waals surface area contributed by atoms with Crippen molar-refractivity contribution in [3.63, 3.8) is 0 Å². The van der Waals surface area contributed by atoms with E-state index in [0.29, 0.717) is 35.8 Å². The lowest BCUT2D eigenvalue weighted by molar-refractivity contribution is 0.186. The van der Waals surface area contributed by atoms with Gasteiger partial charge in [-0.25, -0.2) is 14.4 Å². The fourth-order valence-electron chi connectivity index (χ4n) is 4.30. The van der Waals surface area contributed by atoms with Crippen molar-refractivity contribution in [3.05, 3.63) is 48.3 Å². The first-order chi connectivity index (χ1) is 15.5. The molecule has 170 valence electrons. The molecule has 0 aliphatic carbocycles. The molecule has 1 fully saturated rings. The van der Waals surface area contributed by atoms with Crippen LogP contribution in [0.4, 0.5) is 10.3 Å². The Balaban J connectivity index is 1.22. The minimum Gasteiger partial charge on any atom is -0.493 e. The largest absolute Gasteiger partial charge is 0.493 e. The van der Waals surface area contributed by atoms with E-state index < -0.39 is 5.82 Å². The highest BCUT2D eigenvalue weighted by Crippen LogP contribution is 2.32. The molecule has 4 rings (SSSR count). The number of hydrogen-bond acceptors (Lipinski definition) is 7. The predicted molar refractivity (Wildman–Crippen MR) is 119 cm³/mol. The standard InChI is InChI=1S/C23H30FN7O/c1-16-13-25-23(26-14-16)30-9-6-19(7-10-30)18(3)17(2)8-11-32-20-4-5-22(21(24)12-20)31-15-27-28-29-31/h4-5,12-15,17-19H,6-11H2,1-3H3. The topological polar surface area (TPSA) is 81.9 Å². The highest BCUT2D eigenvalue weighted by atomic mass is 19.1. The minimum atomic E-state index is -0.416. The van der Waals surface area contributed by atoms with Crippen LogP contribution in [0, 0.1) is 30.5 Å². The molecule has 1 saturated heterocycles. The molecule has 32 heavy (non-hydrogen) atoms. The van der Waals surface area contributed by atoms with E-state index in [1.165, 1.54) is 17.1 Å². The molecule has 2 unspecified atom stereocenters. The summed E-state index contributed by atoms with van der Waals surface area (Å²) < 4.78 is 21.5. The lowest BCUT2D eigenvalue weighted by Gasteiger charge is -2.37. The Bertz CT molecular complexity index is 988. The molecule has 3 aromatic rings. The molecule has 8 nitrogen and oxygen atoms in total. The Morgan fingerprint density at radius 2 is 1.91 bits per heavy atom. The van der Waals surface area contributed by atoms with Gasteiger partial charge in [-0.1, -0.05) is 13.8 Å². The number of ether oxygens (including phenoxy) is 1. The van der Waals surface area contributed by atoms with E-state index in [1.54, 1.807) is 12.1 Å². The Morgan fingerprint density at radius 1 is 1.16 bits per heavy atom. The van der Waals surface area contributed by atoms with Crippen LogP contribution in [0.5, 0.6) is 5.75 Å². The zero-order chi connectivity index (χ0) is 22.5. The summed E-state index contributed by atoms with van der Waals surface area (Å²) in [6.07, 6.45) is 8.34. The zero-order valence-corrected chi connectivity index (χ0v) is 18.9. The zero-order valence-electron chi connectivity index (χ0n) is 18.9. The predicted octanol–water partition coefficient (Wildman–Crippen LogP) is 3.86. The summed E-state index contributed by atoms with van der Waals surface area (Å²) in [7, 11) is 0. The Hall–Kier alpha value is -3.10. The van der Waals surface area contributed by atoms with Crippen LogP contribution in [0.15, 0.2) is 36.9 Å². The van der Waals surface area contributed by atoms with Crippen molar-refractivity contribution in [2.45, 2.75) is 40.0 Å². The number of piperidine rings is 1. The van der Waals surface area contributed by atoms with Crippen molar-refractivity contribution in [2.75, 3.05) is 24.6 Å². The normalized spacial score (nSPS) is 16.7. The lowest BCUT2D eigenvalue weighted by atomic mass is 9.77. The highest BCUT2D eigenvalue weighted by molar-refractivity contribution is 5.38. The molecule has 1 aliphatic heterocycles. The molecule has 1 aliphatic rings. The lowest BCUT2D eigenvalue weighted by Crippen LogP contribution is -2.38. The van der Waals surface area contributed by atoms with Crippen molar-refractivity contribution in [2.24, 2.45) is 17.8 Å². The fraction of sp³-hybridized carbons (Fsp3) is 0.522. The van der Waals surface area contributed by atoms with Crippen LogP contribution in [-0.2, 0) is 0 Å². The summed E-state index contributed by atoms with van der Waals surface area (Å²) in [4.78, 5) is 11.2. The van der Waals surface area contributed by atoms with Gasteiger partial charge in [0.1, 0.15) is 17.8 Å². The van der Waals surface area contributed by atoms with Crippen LogP contribution >= 0.6 is 0 Å². The van der Waals surface area contributed by atoms with E-state index in [9.17, 15) is 4.39 Å². The highest BCUT2D eigenvalue weighted by Gasteiger charge is 2.28. The molecular formula is C23H30FN7O. The van der Waals surface area contributed by atoms with Gasteiger partial charge in [0.05, 0.1) is 6.61 Å². The molecule has 3 heterocycles. The molecule has 9 heteroatoms. The Labute approximate surface area is 187 Å².